The summed E-state index contributed by atoms with van der Waals surface area (Å²) in [6.07, 6.45) is 1.53. The second kappa shape index (κ2) is 10.6. The molecule has 6 nitrogen and oxygen atoms in total. The lowest BCUT2D eigenvalue weighted by Gasteiger charge is -2.21. The van der Waals surface area contributed by atoms with Gasteiger partial charge in [0, 0.05) is 19.8 Å². The lowest BCUT2D eigenvalue weighted by Crippen LogP contribution is -2.49. The van der Waals surface area contributed by atoms with Gasteiger partial charge in [-0.1, -0.05) is 20.3 Å². The molecule has 2 atom stereocenters. The van der Waals surface area contributed by atoms with E-state index in [1.165, 1.54) is 7.11 Å². The third-order valence-corrected chi connectivity index (χ3v) is 2.91. The van der Waals surface area contributed by atoms with Gasteiger partial charge in [0.1, 0.15) is 6.04 Å². The lowest BCUT2D eigenvalue weighted by atomic mass is 9.99. The first kappa shape index (κ1) is 17.7. The van der Waals surface area contributed by atoms with E-state index >= 15 is 0 Å². The minimum Gasteiger partial charge on any atom is -0.467 e. The molecule has 0 saturated carbocycles. The molecule has 0 aliphatic heterocycles. The van der Waals surface area contributed by atoms with E-state index in [9.17, 15) is 9.59 Å². The standard InChI is InChI=1S/C13H26N2O4/c1-5-10(3)11(12(16)18-4)15-13(17)14-8-7-9-19-6-2/h10-11H,5-9H2,1-4H3,(H2,14,15,17)/t10-,11+/m1/s1. The van der Waals surface area contributed by atoms with Crippen LogP contribution in [0.5, 0.6) is 0 Å². The molecule has 19 heavy (non-hydrogen) atoms. The number of ether oxygens (including phenoxy) is 2. The molecule has 0 unspecified atom stereocenters. The predicted molar refractivity (Wildman–Crippen MR) is 72.9 cm³/mol. The van der Waals surface area contributed by atoms with Crippen molar-refractivity contribution in [2.75, 3.05) is 26.9 Å². The van der Waals surface area contributed by atoms with Crippen molar-refractivity contribution in [2.45, 2.75) is 39.7 Å². The Hall–Kier alpha value is -1.30. The highest BCUT2D eigenvalue weighted by Crippen LogP contribution is 2.08. The van der Waals surface area contributed by atoms with Gasteiger partial charge in [-0.3, -0.25) is 0 Å². The number of esters is 1. The zero-order valence-corrected chi connectivity index (χ0v) is 12.3. The molecule has 0 heterocycles. The van der Waals surface area contributed by atoms with Crippen LogP contribution in [0.15, 0.2) is 0 Å². The van der Waals surface area contributed by atoms with Crippen LogP contribution in [0, 0.1) is 5.92 Å². The van der Waals surface area contributed by atoms with Crippen LogP contribution in [-0.2, 0) is 14.3 Å². The van der Waals surface area contributed by atoms with Gasteiger partial charge in [-0.05, 0) is 19.3 Å². The fourth-order valence-corrected chi connectivity index (χ4v) is 1.51. The summed E-state index contributed by atoms with van der Waals surface area (Å²) in [5.41, 5.74) is 0. The van der Waals surface area contributed by atoms with E-state index < -0.39 is 12.0 Å². The predicted octanol–water partition coefficient (Wildman–Crippen LogP) is 1.30. The van der Waals surface area contributed by atoms with Crippen molar-refractivity contribution in [2.24, 2.45) is 5.92 Å². The van der Waals surface area contributed by atoms with Gasteiger partial charge >= 0.3 is 12.0 Å². The summed E-state index contributed by atoms with van der Waals surface area (Å²) in [7, 11) is 1.32. The highest BCUT2D eigenvalue weighted by Gasteiger charge is 2.26. The summed E-state index contributed by atoms with van der Waals surface area (Å²) >= 11 is 0. The molecule has 6 heteroatoms. The van der Waals surface area contributed by atoms with Gasteiger partial charge in [0.15, 0.2) is 0 Å². The quantitative estimate of drug-likeness (QED) is 0.491. The molecule has 0 aromatic rings. The van der Waals surface area contributed by atoms with Crippen LogP contribution in [0.4, 0.5) is 4.79 Å². The Morgan fingerprint density at radius 1 is 1.26 bits per heavy atom. The second-order valence-corrected chi connectivity index (χ2v) is 4.34. The molecule has 0 radical (unpaired) electrons. The summed E-state index contributed by atoms with van der Waals surface area (Å²) in [6, 6.07) is -0.964. The average Bonchev–Trinajstić information content (AvgIpc) is 2.42. The minimum atomic E-state index is -0.609. The van der Waals surface area contributed by atoms with E-state index in [1.807, 2.05) is 20.8 Å². The molecule has 0 saturated heterocycles. The maximum absolute atomic E-state index is 11.7. The van der Waals surface area contributed by atoms with Crippen molar-refractivity contribution >= 4 is 12.0 Å². The van der Waals surface area contributed by atoms with Gasteiger partial charge in [-0.25, -0.2) is 9.59 Å². The lowest BCUT2D eigenvalue weighted by molar-refractivity contribution is -0.144. The molecule has 0 aromatic carbocycles. The van der Waals surface area contributed by atoms with Crippen LogP contribution in [-0.4, -0.2) is 44.9 Å². The Balaban J connectivity index is 4.06. The van der Waals surface area contributed by atoms with E-state index in [1.54, 1.807) is 0 Å². The highest BCUT2D eigenvalue weighted by atomic mass is 16.5. The summed E-state index contributed by atoms with van der Waals surface area (Å²) in [6.45, 7) is 7.58. The molecule has 112 valence electrons. The van der Waals surface area contributed by atoms with Crippen molar-refractivity contribution in [1.82, 2.24) is 10.6 Å². The van der Waals surface area contributed by atoms with Crippen molar-refractivity contribution in [3.05, 3.63) is 0 Å². The number of carbonyl (C=O) groups is 2. The highest BCUT2D eigenvalue weighted by molar-refractivity contribution is 5.83. The zero-order valence-electron chi connectivity index (χ0n) is 12.3. The number of nitrogens with one attached hydrogen (secondary N) is 2. The van der Waals surface area contributed by atoms with Crippen LogP contribution in [0.25, 0.3) is 0 Å². The van der Waals surface area contributed by atoms with Crippen LogP contribution < -0.4 is 10.6 Å². The smallest absolute Gasteiger partial charge is 0.328 e. The molecular formula is C13H26N2O4. The first-order chi connectivity index (χ1) is 9.06. The third-order valence-electron chi connectivity index (χ3n) is 2.91. The van der Waals surface area contributed by atoms with Crippen LogP contribution in [0.2, 0.25) is 0 Å². The Morgan fingerprint density at radius 2 is 1.95 bits per heavy atom. The summed E-state index contributed by atoms with van der Waals surface area (Å²) < 4.78 is 9.85. The van der Waals surface area contributed by atoms with E-state index in [4.69, 9.17) is 9.47 Å². The van der Waals surface area contributed by atoms with Gasteiger partial charge in [-0.2, -0.15) is 0 Å². The fraction of sp³-hybridized carbons (Fsp3) is 0.846. The van der Waals surface area contributed by atoms with Crippen molar-refractivity contribution < 1.29 is 19.1 Å². The largest absolute Gasteiger partial charge is 0.467 e. The molecule has 2 N–H and O–H groups in total. The van der Waals surface area contributed by atoms with Crippen LogP contribution >= 0.6 is 0 Å². The summed E-state index contributed by atoms with van der Waals surface area (Å²) in [5, 5.41) is 5.34. The molecule has 0 aromatic heterocycles. The van der Waals surface area contributed by atoms with E-state index in [-0.39, 0.29) is 11.9 Å². The van der Waals surface area contributed by atoms with Gasteiger partial charge in [0.05, 0.1) is 7.11 Å². The number of urea groups is 1. The maximum atomic E-state index is 11.7. The topological polar surface area (TPSA) is 76.7 Å². The zero-order chi connectivity index (χ0) is 14.7. The molecule has 0 aliphatic carbocycles. The molecule has 0 bridgehead atoms. The SMILES string of the molecule is CCOCCCNC(=O)N[C@H](C(=O)OC)[C@H](C)CC. The van der Waals surface area contributed by atoms with E-state index in [2.05, 4.69) is 10.6 Å². The number of carbonyl (C=O) groups excluding carboxylic acids is 2. The Labute approximate surface area is 115 Å². The molecule has 0 fully saturated rings. The first-order valence-corrected chi connectivity index (χ1v) is 6.76. The number of hydrogen-bond acceptors (Lipinski definition) is 4. The number of rotatable bonds is 9. The van der Waals surface area contributed by atoms with Crippen LogP contribution in [0.1, 0.15) is 33.6 Å². The number of methoxy groups -OCH3 is 1. The van der Waals surface area contributed by atoms with E-state index in [0.29, 0.717) is 19.8 Å². The molecule has 2 amide bonds. The van der Waals surface area contributed by atoms with Gasteiger partial charge in [0.2, 0.25) is 0 Å². The first-order valence-electron chi connectivity index (χ1n) is 6.76. The van der Waals surface area contributed by atoms with Crippen molar-refractivity contribution in [1.29, 1.82) is 0 Å². The molecule has 0 spiro atoms. The number of hydrogen-bond donors (Lipinski definition) is 2. The molecule has 0 rings (SSSR count). The minimum absolute atomic E-state index is 0.0293. The Bertz CT molecular complexity index is 271. The van der Waals surface area contributed by atoms with Crippen molar-refractivity contribution in [3.63, 3.8) is 0 Å². The second-order valence-electron chi connectivity index (χ2n) is 4.34. The summed E-state index contributed by atoms with van der Waals surface area (Å²) in [4.78, 5) is 23.2. The summed E-state index contributed by atoms with van der Waals surface area (Å²) in [5.74, 6) is -0.388. The number of amides is 2. The van der Waals surface area contributed by atoms with E-state index in [0.717, 1.165) is 12.8 Å². The maximum Gasteiger partial charge on any atom is 0.328 e. The van der Waals surface area contributed by atoms with Gasteiger partial charge < -0.3 is 20.1 Å². The Morgan fingerprint density at radius 3 is 2.47 bits per heavy atom. The fourth-order valence-electron chi connectivity index (χ4n) is 1.51. The third kappa shape index (κ3) is 7.66. The normalized spacial score (nSPS) is 13.5. The van der Waals surface area contributed by atoms with Gasteiger partial charge in [-0.15, -0.1) is 0 Å². The van der Waals surface area contributed by atoms with Crippen molar-refractivity contribution in [3.8, 4) is 0 Å². The monoisotopic (exact) mass is 274 g/mol. The van der Waals surface area contributed by atoms with Crippen LogP contribution in [0.3, 0.4) is 0 Å². The van der Waals surface area contributed by atoms with Gasteiger partial charge in [0.25, 0.3) is 0 Å². The molecule has 0 aliphatic rings. The molecular weight excluding hydrogens is 248 g/mol. The average molecular weight is 274 g/mol. The Kier molecular flexibility index (Phi) is 9.88.